The van der Waals surface area contributed by atoms with Crippen molar-refractivity contribution < 1.29 is 19.6 Å². The lowest BCUT2D eigenvalue weighted by Gasteiger charge is -2.11. The summed E-state index contributed by atoms with van der Waals surface area (Å²) in [4.78, 5) is 32.5. The van der Waals surface area contributed by atoms with E-state index < -0.39 is 0 Å². The van der Waals surface area contributed by atoms with Crippen molar-refractivity contribution in [2.24, 2.45) is 0 Å². The van der Waals surface area contributed by atoms with Crippen molar-refractivity contribution in [3.05, 3.63) is 0 Å². The third-order valence-electron chi connectivity index (χ3n) is 2.44. The van der Waals surface area contributed by atoms with E-state index in [9.17, 15) is 14.4 Å². The molecular formula is C12H22N2O4. The van der Waals surface area contributed by atoms with Gasteiger partial charge in [-0.05, 0) is 26.2 Å². The van der Waals surface area contributed by atoms with Gasteiger partial charge in [-0.15, -0.1) is 0 Å². The van der Waals surface area contributed by atoms with Crippen LogP contribution in [0.3, 0.4) is 0 Å². The molecule has 0 aromatic rings. The molecule has 0 fully saturated rings. The van der Waals surface area contributed by atoms with Crippen LogP contribution in [0.25, 0.3) is 0 Å². The Morgan fingerprint density at radius 1 is 1.06 bits per heavy atom. The molecule has 0 atom stereocenters. The quantitative estimate of drug-likeness (QED) is 0.365. The number of hydrogen-bond donors (Lipinski definition) is 2. The topological polar surface area (TPSA) is 86.7 Å². The number of nitrogens with zero attached hydrogens (tertiary/aromatic N) is 1. The number of nitrogens with one attached hydrogen (secondary N) is 1. The van der Waals surface area contributed by atoms with E-state index >= 15 is 0 Å². The Morgan fingerprint density at radius 3 is 2.28 bits per heavy atom. The lowest BCUT2D eigenvalue weighted by atomic mass is 10.2. The second kappa shape index (κ2) is 9.58. The molecule has 0 rings (SSSR count). The highest BCUT2D eigenvalue weighted by molar-refractivity contribution is 5.83. The largest absolute Gasteiger partial charge is 0.356 e. The van der Waals surface area contributed by atoms with Crippen molar-refractivity contribution in [2.75, 3.05) is 13.1 Å². The van der Waals surface area contributed by atoms with Gasteiger partial charge >= 0.3 is 0 Å². The lowest BCUT2D eigenvalue weighted by molar-refractivity contribution is -0.162. The third kappa shape index (κ3) is 9.77. The third-order valence-corrected chi connectivity index (χ3v) is 2.44. The van der Waals surface area contributed by atoms with E-state index in [-0.39, 0.29) is 30.4 Å². The van der Waals surface area contributed by atoms with Gasteiger partial charge in [0.2, 0.25) is 11.8 Å². The summed E-state index contributed by atoms with van der Waals surface area (Å²) in [6.07, 6.45) is 2.82. The lowest BCUT2D eigenvalue weighted by Crippen LogP contribution is -2.26. The number of carbonyl (C=O) groups is 3. The molecule has 0 aromatic heterocycles. The molecule has 2 amide bonds. The van der Waals surface area contributed by atoms with Gasteiger partial charge in [-0.1, -0.05) is 0 Å². The summed E-state index contributed by atoms with van der Waals surface area (Å²) in [5.41, 5.74) is 0. The molecule has 0 aliphatic rings. The normalized spacial score (nSPS) is 9.94. The van der Waals surface area contributed by atoms with E-state index in [1.807, 2.05) is 0 Å². The average Bonchev–Trinajstić information content (AvgIpc) is 2.30. The Morgan fingerprint density at radius 2 is 1.72 bits per heavy atom. The molecule has 0 radical (unpaired) electrons. The van der Waals surface area contributed by atoms with Crippen LogP contribution in [-0.4, -0.2) is 41.0 Å². The first-order valence-electron chi connectivity index (χ1n) is 6.16. The maximum absolute atomic E-state index is 11.2. The van der Waals surface area contributed by atoms with E-state index in [1.54, 1.807) is 0 Å². The van der Waals surface area contributed by atoms with Crippen molar-refractivity contribution in [2.45, 2.75) is 46.0 Å². The minimum atomic E-state index is -0.368. The van der Waals surface area contributed by atoms with Gasteiger partial charge in [-0.2, -0.15) is 0 Å². The number of carbonyl (C=O) groups excluding carboxylic acids is 3. The molecule has 0 bridgehead atoms. The van der Waals surface area contributed by atoms with Crippen LogP contribution in [0.1, 0.15) is 46.0 Å². The molecule has 104 valence electrons. The molecule has 0 saturated carbocycles. The molecule has 6 heteroatoms. The Hall–Kier alpha value is -1.43. The van der Waals surface area contributed by atoms with Crippen molar-refractivity contribution in [3.63, 3.8) is 0 Å². The van der Waals surface area contributed by atoms with Gasteiger partial charge in [0, 0.05) is 32.9 Å². The van der Waals surface area contributed by atoms with Gasteiger partial charge in [0.1, 0.15) is 5.78 Å². The van der Waals surface area contributed by atoms with Crippen LogP contribution in [0.4, 0.5) is 0 Å². The van der Waals surface area contributed by atoms with Crippen LogP contribution in [0.5, 0.6) is 0 Å². The van der Waals surface area contributed by atoms with Gasteiger partial charge in [-0.3, -0.25) is 14.8 Å². The molecule has 0 spiro atoms. The fraction of sp³-hybridized carbons (Fsp3) is 0.750. The summed E-state index contributed by atoms with van der Waals surface area (Å²) in [6, 6.07) is 0. The average molecular weight is 258 g/mol. The molecule has 0 aliphatic heterocycles. The maximum atomic E-state index is 11.2. The second-order valence-electron chi connectivity index (χ2n) is 4.25. The summed E-state index contributed by atoms with van der Waals surface area (Å²) in [5, 5.41) is 12.5. The fourth-order valence-electron chi connectivity index (χ4n) is 1.33. The van der Waals surface area contributed by atoms with E-state index in [1.165, 1.54) is 13.8 Å². The Kier molecular flexibility index (Phi) is 8.82. The summed E-state index contributed by atoms with van der Waals surface area (Å²) in [7, 11) is 0. The predicted molar refractivity (Wildman–Crippen MR) is 65.9 cm³/mol. The summed E-state index contributed by atoms with van der Waals surface area (Å²) >= 11 is 0. The first-order valence-corrected chi connectivity index (χ1v) is 6.16. The predicted octanol–water partition coefficient (Wildman–Crippen LogP) is 0.880. The maximum Gasteiger partial charge on any atom is 0.242 e. The van der Waals surface area contributed by atoms with Gasteiger partial charge in [-0.25, -0.2) is 5.06 Å². The number of hydrogen-bond acceptors (Lipinski definition) is 4. The fourth-order valence-corrected chi connectivity index (χ4v) is 1.33. The Labute approximate surface area is 107 Å². The number of unbranched alkanes of at least 4 members (excludes halogenated alkanes) is 2. The molecular weight excluding hydrogens is 236 g/mol. The zero-order valence-electron chi connectivity index (χ0n) is 11.1. The minimum Gasteiger partial charge on any atom is -0.356 e. The van der Waals surface area contributed by atoms with Gasteiger partial charge < -0.3 is 10.1 Å². The smallest absolute Gasteiger partial charge is 0.242 e. The highest BCUT2D eigenvalue weighted by Gasteiger charge is 2.04. The summed E-state index contributed by atoms with van der Waals surface area (Å²) in [6.45, 7) is 3.63. The zero-order chi connectivity index (χ0) is 14.0. The van der Waals surface area contributed by atoms with Crippen LogP contribution >= 0.6 is 0 Å². The summed E-state index contributed by atoms with van der Waals surface area (Å²) < 4.78 is 0. The molecule has 0 aliphatic carbocycles. The number of rotatable bonds is 9. The monoisotopic (exact) mass is 258 g/mol. The molecule has 0 aromatic carbocycles. The number of amides is 2. The minimum absolute atomic E-state index is 0.0115. The first-order chi connectivity index (χ1) is 8.43. The van der Waals surface area contributed by atoms with Crippen molar-refractivity contribution in [3.8, 4) is 0 Å². The van der Waals surface area contributed by atoms with E-state index in [2.05, 4.69) is 5.32 Å². The van der Waals surface area contributed by atoms with Crippen molar-refractivity contribution in [1.82, 2.24) is 10.4 Å². The van der Waals surface area contributed by atoms with Crippen LogP contribution in [0, 0.1) is 0 Å². The van der Waals surface area contributed by atoms with Crippen molar-refractivity contribution in [1.29, 1.82) is 0 Å². The van der Waals surface area contributed by atoms with Gasteiger partial charge in [0.25, 0.3) is 0 Å². The van der Waals surface area contributed by atoms with Crippen molar-refractivity contribution >= 4 is 17.6 Å². The van der Waals surface area contributed by atoms with Crippen LogP contribution in [0.15, 0.2) is 0 Å². The molecule has 2 N–H and O–H groups in total. The standard InChI is InChI=1S/C12H22N2O4/c1-10(15)6-7-12(17)13-8-4-3-5-9-14(18)11(2)16/h18H,3-9H2,1-2H3,(H,13,17). The number of ketones is 1. The molecule has 6 nitrogen and oxygen atoms in total. The molecule has 0 heterocycles. The zero-order valence-corrected chi connectivity index (χ0v) is 11.1. The van der Waals surface area contributed by atoms with Crippen LogP contribution in [0.2, 0.25) is 0 Å². The molecule has 18 heavy (non-hydrogen) atoms. The summed E-state index contributed by atoms with van der Waals surface area (Å²) in [5.74, 6) is -0.470. The Balaban J connectivity index is 3.37. The van der Waals surface area contributed by atoms with Crippen LogP contribution in [-0.2, 0) is 14.4 Å². The highest BCUT2D eigenvalue weighted by atomic mass is 16.5. The van der Waals surface area contributed by atoms with Gasteiger partial charge in [0.05, 0.1) is 0 Å². The number of Topliss-reactive ketones (excluding diaryl/α,β-unsaturated/α-hetero) is 1. The van der Waals surface area contributed by atoms with Gasteiger partial charge in [0.15, 0.2) is 0 Å². The molecule has 0 unspecified atom stereocenters. The van der Waals surface area contributed by atoms with E-state index in [0.29, 0.717) is 24.6 Å². The van der Waals surface area contributed by atoms with E-state index in [4.69, 9.17) is 5.21 Å². The SMILES string of the molecule is CC(=O)CCC(=O)NCCCCCN(O)C(C)=O. The molecule has 0 saturated heterocycles. The first kappa shape index (κ1) is 16.6. The Bertz CT molecular complexity index is 292. The second-order valence-corrected chi connectivity index (χ2v) is 4.25. The highest BCUT2D eigenvalue weighted by Crippen LogP contribution is 1.97. The van der Waals surface area contributed by atoms with E-state index in [0.717, 1.165) is 12.8 Å². The number of hydroxylamine groups is 2. The van der Waals surface area contributed by atoms with Crippen LogP contribution < -0.4 is 5.32 Å².